The molecule has 0 N–H and O–H groups in total. The molecule has 2 atom stereocenters. The average Bonchev–Trinajstić information content (AvgIpc) is 2.84. The number of rotatable bonds is 12. The summed E-state index contributed by atoms with van der Waals surface area (Å²) in [4.78, 5) is 0. The predicted molar refractivity (Wildman–Crippen MR) is 82.5 cm³/mol. The fourth-order valence-corrected chi connectivity index (χ4v) is 2.74. The van der Waals surface area contributed by atoms with Crippen LogP contribution in [0.15, 0.2) is 0 Å². The van der Waals surface area contributed by atoms with Crippen molar-refractivity contribution in [2.24, 2.45) is 0 Å². The molecule has 0 amide bonds. The molecule has 0 aliphatic carbocycles. The molecule has 0 aliphatic heterocycles. The molecule has 1 nitrogen and oxygen atoms in total. The normalized spacial score (nSPS) is 19.2. The van der Waals surface area contributed by atoms with E-state index in [0.717, 1.165) is 0 Å². The lowest BCUT2D eigenvalue weighted by molar-refractivity contribution is -0.545. The summed E-state index contributed by atoms with van der Waals surface area (Å²) in [6, 6.07) is 0. The first-order valence-electron chi connectivity index (χ1n) is 10.3. The minimum absolute atomic E-state index is 0.359. The Morgan fingerprint density at radius 1 is 0.157 bits per heavy atom. The van der Waals surface area contributed by atoms with Gasteiger partial charge in [-0.3, -0.25) is 4.74 Å². The summed E-state index contributed by atoms with van der Waals surface area (Å²) < 4.78 is 449. The fraction of sp³-hybridized carbons (Fsp3) is 1.00. The zero-order valence-corrected chi connectivity index (χ0v) is 21.3. The maximum absolute atomic E-state index is 14.4. The van der Waals surface area contributed by atoms with Gasteiger partial charge in [-0.1, -0.05) is 0 Å². The molecule has 0 saturated heterocycles. The molecule has 0 saturated carbocycles. The van der Waals surface area contributed by atoms with Crippen molar-refractivity contribution in [1.82, 2.24) is 0 Å². The third kappa shape index (κ3) is 5.89. The molecule has 0 bridgehead atoms. The zero-order valence-electron chi connectivity index (χ0n) is 21.3. The summed E-state index contributed by atoms with van der Waals surface area (Å²) in [6.45, 7) is 0. The second kappa shape index (κ2) is 11.5. The minimum Gasteiger partial charge on any atom is -0.284 e. The molecule has 0 fully saturated rings. The first-order chi connectivity index (χ1) is 21.2. The van der Waals surface area contributed by atoms with E-state index in [2.05, 4.69) is 0 Å². The van der Waals surface area contributed by atoms with Crippen molar-refractivity contribution in [2.45, 2.75) is 95.6 Å². The Hall–Kier alpha value is -2.42. The van der Waals surface area contributed by atoms with Gasteiger partial charge in [0.25, 0.3) is 0 Å². The summed E-state index contributed by atoms with van der Waals surface area (Å²) in [5.41, 5.74) is 0. The summed E-state index contributed by atoms with van der Waals surface area (Å²) in [5, 5.41) is 0. The van der Waals surface area contributed by atoms with Crippen molar-refractivity contribution in [3.8, 4) is 0 Å². The minimum atomic E-state index is -10.2. The SMILES string of the molecule is FC(F)(F)C(F)(F)C(F)(F)C(F)(F)C(F)(F)C(F)(F)C(F)(OC(F)(C(F)(F)F)C(F)(F)C(F)(F)C(F)(F)C(F)(F)C(F)(F)C(F)(F)F)C(F)(F)F. The van der Waals surface area contributed by atoms with E-state index in [4.69, 9.17) is 0 Å². The van der Waals surface area contributed by atoms with Crippen molar-refractivity contribution in [2.75, 3.05) is 0 Å². The van der Waals surface area contributed by atoms with Crippen LogP contribution in [0.5, 0.6) is 0 Å². The Labute approximate surface area is 251 Å². The molecule has 308 valence electrons. The van der Waals surface area contributed by atoms with E-state index in [-0.39, 0.29) is 0 Å². The van der Waals surface area contributed by atoms with Gasteiger partial charge in [0.15, 0.2) is 0 Å². The van der Waals surface area contributed by atoms with Crippen LogP contribution >= 0.6 is 0 Å². The lowest BCUT2D eigenvalue weighted by atomic mass is 9.88. The van der Waals surface area contributed by atoms with E-state index in [0.29, 0.717) is 4.74 Å². The van der Waals surface area contributed by atoms with Crippen LogP contribution in [-0.4, -0.2) is 95.6 Å². The van der Waals surface area contributed by atoms with E-state index in [9.17, 15) is 149 Å². The average molecular weight is 854 g/mol. The predicted octanol–water partition coefficient (Wildman–Crippen LogP) is 10.9. The van der Waals surface area contributed by atoms with Gasteiger partial charge in [0, 0.05) is 0 Å². The molecule has 0 aromatic heterocycles. The van der Waals surface area contributed by atoms with Crippen LogP contribution in [0.25, 0.3) is 0 Å². The Bertz CT molecular complexity index is 1160. The van der Waals surface area contributed by atoms with Gasteiger partial charge in [0.05, 0.1) is 0 Å². The van der Waals surface area contributed by atoms with E-state index < -0.39 is 95.6 Å². The molecule has 0 aromatic carbocycles. The van der Waals surface area contributed by atoms with Crippen molar-refractivity contribution in [3.05, 3.63) is 0 Å². The van der Waals surface area contributed by atoms with Crippen molar-refractivity contribution in [3.63, 3.8) is 0 Å². The molecule has 0 radical (unpaired) electrons. The first-order valence-corrected chi connectivity index (χ1v) is 10.3. The second-order valence-corrected chi connectivity index (χ2v) is 9.03. The van der Waals surface area contributed by atoms with E-state index >= 15 is 0 Å². The molecular weight excluding hydrogens is 854 g/mol. The van der Waals surface area contributed by atoms with Gasteiger partial charge in [0.2, 0.25) is 0 Å². The molecular formula is C16F34O. The van der Waals surface area contributed by atoms with Crippen LogP contribution in [-0.2, 0) is 4.74 Å². The van der Waals surface area contributed by atoms with Crippen LogP contribution < -0.4 is 0 Å². The molecule has 2 unspecified atom stereocenters. The van der Waals surface area contributed by atoms with Crippen LogP contribution in [0.1, 0.15) is 0 Å². The molecule has 35 heteroatoms. The Morgan fingerprint density at radius 2 is 0.294 bits per heavy atom. The molecule has 0 heterocycles. The Morgan fingerprint density at radius 3 is 0.431 bits per heavy atom. The van der Waals surface area contributed by atoms with Crippen LogP contribution in [0.2, 0.25) is 0 Å². The van der Waals surface area contributed by atoms with E-state index in [1.807, 2.05) is 0 Å². The van der Waals surface area contributed by atoms with Gasteiger partial charge in [-0.05, 0) is 0 Å². The van der Waals surface area contributed by atoms with Gasteiger partial charge in [-0.15, -0.1) is 0 Å². The first kappa shape index (κ1) is 48.6. The van der Waals surface area contributed by atoms with Crippen LogP contribution in [0, 0.1) is 0 Å². The van der Waals surface area contributed by atoms with Crippen LogP contribution in [0.3, 0.4) is 0 Å². The summed E-state index contributed by atoms with van der Waals surface area (Å²) in [5.74, 6) is -117. The van der Waals surface area contributed by atoms with Crippen molar-refractivity contribution < 1.29 is 154 Å². The van der Waals surface area contributed by atoms with Gasteiger partial charge in [-0.25, -0.2) is 0 Å². The topological polar surface area (TPSA) is 9.23 Å². The molecule has 0 rings (SSSR count). The quantitative estimate of drug-likeness (QED) is 0.178. The monoisotopic (exact) mass is 854 g/mol. The van der Waals surface area contributed by atoms with Gasteiger partial charge < -0.3 is 0 Å². The fourth-order valence-electron chi connectivity index (χ4n) is 2.74. The Balaban J connectivity index is 8.21. The summed E-state index contributed by atoms with van der Waals surface area (Å²) in [7, 11) is 0. The number of hydrogen-bond acceptors (Lipinski definition) is 1. The number of halogens is 34. The van der Waals surface area contributed by atoms with Gasteiger partial charge in [-0.2, -0.15) is 149 Å². The highest BCUT2D eigenvalue weighted by Crippen LogP contribution is 2.68. The molecule has 0 aliphatic rings. The van der Waals surface area contributed by atoms with Crippen LogP contribution in [0.4, 0.5) is 149 Å². The highest BCUT2D eigenvalue weighted by molar-refractivity contribution is 5.18. The number of ether oxygens (including phenoxy) is 1. The smallest absolute Gasteiger partial charge is 0.284 e. The largest absolute Gasteiger partial charge is 0.460 e. The van der Waals surface area contributed by atoms with E-state index in [1.54, 1.807) is 0 Å². The lowest BCUT2D eigenvalue weighted by Gasteiger charge is -2.48. The molecule has 51 heavy (non-hydrogen) atoms. The molecule has 0 aromatic rings. The summed E-state index contributed by atoms with van der Waals surface area (Å²) >= 11 is 0. The molecule has 0 spiro atoms. The van der Waals surface area contributed by atoms with Gasteiger partial charge in [0.1, 0.15) is 0 Å². The third-order valence-corrected chi connectivity index (χ3v) is 5.68. The third-order valence-electron chi connectivity index (χ3n) is 5.68. The highest BCUT2D eigenvalue weighted by Gasteiger charge is 3.00. The Kier molecular flexibility index (Phi) is 11.0. The number of alkyl halides is 34. The second-order valence-electron chi connectivity index (χ2n) is 9.03. The maximum atomic E-state index is 14.4. The lowest BCUT2D eigenvalue weighted by Crippen LogP contribution is -2.79. The maximum Gasteiger partial charge on any atom is 0.460 e. The zero-order chi connectivity index (χ0) is 42.7. The summed E-state index contributed by atoms with van der Waals surface area (Å²) in [6.07, 6.45) is -35.9. The number of hydrogen-bond donors (Lipinski definition) is 0. The van der Waals surface area contributed by atoms with Crippen molar-refractivity contribution in [1.29, 1.82) is 0 Å². The standard InChI is InChI=1S/C16F34O/c17-1(18,5(25,26)9(33,34)13(39,40)41)3(21,22)7(29,30)11(37,15(45,46)47)51-12(38,16(48,49)50)8(31,32)4(23,24)2(19,20)6(27,28)10(35,36)14(42,43)44. The van der Waals surface area contributed by atoms with Crippen molar-refractivity contribution >= 4 is 0 Å². The highest BCUT2D eigenvalue weighted by atomic mass is 19.5. The van der Waals surface area contributed by atoms with Gasteiger partial charge >= 0.3 is 95.6 Å². The van der Waals surface area contributed by atoms with E-state index in [1.165, 1.54) is 0 Å².